The van der Waals surface area contributed by atoms with E-state index in [0.717, 1.165) is 29.5 Å². The predicted molar refractivity (Wildman–Crippen MR) is 131 cm³/mol. The maximum Gasteiger partial charge on any atom is 0.201 e. The molecule has 0 aliphatic rings. The summed E-state index contributed by atoms with van der Waals surface area (Å²) in [7, 11) is 0. The number of benzene rings is 4. The highest BCUT2D eigenvalue weighted by Crippen LogP contribution is 2.31. The molecule has 0 N–H and O–H groups in total. The first kappa shape index (κ1) is 23.6. The van der Waals surface area contributed by atoms with Crippen LogP contribution in [0.3, 0.4) is 0 Å². The van der Waals surface area contributed by atoms with Gasteiger partial charge in [0.05, 0.1) is 0 Å². The van der Waals surface area contributed by atoms with Gasteiger partial charge in [-0.3, -0.25) is 0 Å². The molecule has 0 aromatic heterocycles. The molecule has 1 nitrogen and oxygen atoms in total. The zero-order chi connectivity index (χ0) is 24.1. The summed E-state index contributed by atoms with van der Waals surface area (Å²) in [4.78, 5) is 0. The minimum atomic E-state index is -1.00. The average Bonchev–Trinajstić information content (AvgIpc) is 2.86. The van der Waals surface area contributed by atoms with E-state index in [1.807, 2.05) is 61.5 Å². The van der Waals surface area contributed by atoms with Gasteiger partial charge in [0.25, 0.3) is 0 Å². The second-order valence-corrected chi connectivity index (χ2v) is 8.33. The number of aryl methyl sites for hydroxylation is 2. The third kappa shape index (κ3) is 5.17. The Labute approximate surface area is 198 Å². The van der Waals surface area contributed by atoms with Crippen LogP contribution in [0, 0.1) is 17.5 Å². The molecule has 0 saturated heterocycles. The van der Waals surface area contributed by atoms with Crippen molar-refractivity contribution in [3.05, 3.63) is 113 Å². The maximum atomic E-state index is 14.8. The SMILES string of the molecule is CCCc1ccc(-c2ccc(OCc3ccc(-c4ccc(CC)c(F)c4)cc3)c(F)c2F)cc1. The lowest BCUT2D eigenvalue weighted by Gasteiger charge is -2.12. The molecule has 0 heterocycles. The van der Waals surface area contributed by atoms with E-state index >= 15 is 0 Å². The highest BCUT2D eigenvalue weighted by atomic mass is 19.2. The van der Waals surface area contributed by atoms with Crippen LogP contribution < -0.4 is 4.74 Å². The Kier molecular flexibility index (Phi) is 7.36. The first-order chi connectivity index (χ1) is 16.5. The number of rotatable bonds is 8. The van der Waals surface area contributed by atoms with Crippen LogP contribution in [0.2, 0.25) is 0 Å². The molecule has 0 aliphatic carbocycles. The summed E-state index contributed by atoms with van der Waals surface area (Å²) in [5.74, 6) is -2.28. The zero-order valence-corrected chi connectivity index (χ0v) is 19.4. The summed E-state index contributed by atoms with van der Waals surface area (Å²) >= 11 is 0. The van der Waals surface area contributed by atoms with Crippen molar-refractivity contribution in [2.75, 3.05) is 0 Å². The Bertz CT molecular complexity index is 1260. The molecule has 0 aliphatic heterocycles. The minimum Gasteiger partial charge on any atom is -0.486 e. The largest absolute Gasteiger partial charge is 0.486 e. The van der Waals surface area contributed by atoms with Crippen LogP contribution in [0.25, 0.3) is 22.3 Å². The van der Waals surface area contributed by atoms with Crippen LogP contribution in [-0.2, 0) is 19.4 Å². The summed E-state index contributed by atoms with van der Waals surface area (Å²) in [5.41, 5.74) is 5.14. The van der Waals surface area contributed by atoms with Crippen molar-refractivity contribution < 1.29 is 17.9 Å². The standard InChI is InChI=1S/C30H27F3O/c1-3-5-20-6-12-24(13-7-20)26-16-17-28(30(33)29(26)32)34-19-21-8-10-23(11-9-21)25-15-14-22(4-2)27(31)18-25/h6-18H,3-5,19H2,1-2H3. The first-order valence-electron chi connectivity index (χ1n) is 11.6. The van der Waals surface area contributed by atoms with Crippen molar-refractivity contribution in [2.45, 2.75) is 39.7 Å². The molecule has 4 aromatic carbocycles. The second kappa shape index (κ2) is 10.6. The summed E-state index contributed by atoms with van der Waals surface area (Å²) in [5, 5.41) is 0. The van der Waals surface area contributed by atoms with Crippen LogP contribution in [0.1, 0.15) is 37.0 Å². The number of hydrogen-bond acceptors (Lipinski definition) is 1. The second-order valence-electron chi connectivity index (χ2n) is 8.33. The fourth-order valence-electron chi connectivity index (χ4n) is 3.97. The molecule has 4 rings (SSSR count). The molecular weight excluding hydrogens is 433 g/mol. The fourth-order valence-corrected chi connectivity index (χ4v) is 3.97. The minimum absolute atomic E-state index is 0.0881. The van der Waals surface area contributed by atoms with E-state index in [2.05, 4.69) is 6.92 Å². The van der Waals surface area contributed by atoms with Gasteiger partial charge in [-0.2, -0.15) is 4.39 Å². The van der Waals surface area contributed by atoms with Gasteiger partial charge < -0.3 is 4.74 Å². The van der Waals surface area contributed by atoms with Crippen LogP contribution in [-0.4, -0.2) is 0 Å². The van der Waals surface area contributed by atoms with Crippen molar-refractivity contribution in [2.24, 2.45) is 0 Å². The van der Waals surface area contributed by atoms with Crippen molar-refractivity contribution in [1.82, 2.24) is 0 Å². The molecule has 0 bridgehead atoms. The van der Waals surface area contributed by atoms with E-state index in [1.165, 1.54) is 17.7 Å². The molecule has 0 fully saturated rings. The van der Waals surface area contributed by atoms with Gasteiger partial charge in [0.1, 0.15) is 12.4 Å². The van der Waals surface area contributed by atoms with Gasteiger partial charge in [-0.05, 0) is 64.4 Å². The first-order valence-corrected chi connectivity index (χ1v) is 11.6. The Hall–Kier alpha value is -3.53. The molecule has 34 heavy (non-hydrogen) atoms. The average molecular weight is 461 g/mol. The van der Waals surface area contributed by atoms with E-state index in [1.54, 1.807) is 12.1 Å². The van der Waals surface area contributed by atoms with Crippen LogP contribution in [0.4, 0.5) is 13.2 Å². The van der Waals surface area contributed by atoms with Gasteiger partial charge >= 0.3 is 0 Å². The van der Waals surface area contributed by atoms with Crippen LogP contribution >= 0.6 is 0 Å². The molecule has 0 saturated carbocycles. The Balaban J connectivity index is 1.45. The highest BCUT2D eigenvalue weighted by Gasteiger charge is 2.16. The molecule has 0 radical (unpaired) electrons. The van der Waals surface area contributed by atoms with E-state index in [0.29, 0.717) is 17.5 Å². The fraction of sp³-hybridized carbons (Fsp3) is 0.200. The smallest absolute Gasteiger partial charge is 0.201 e. The summed E-state index contributed by atoms with van der Waals surface area (Å²) in [6, 6.07) is 23.1. The van der Waals surface area contributed by atoms with Gasteiger partial charge in [0.2, 0.25) is 5.82 Å². The lowest BCUT2D eigenvalue weighted by molar-refractivity contribution is 0.285. The molecule has 0 spiro atoms. The van der Waals surface area contributed by atoms with Crippen molar-refractivity contribution in [3.8, 4) is 28.0 Å². The van der Waals surface area contributed by atoms with E-state index in [9.17, 15) is 13.2 Å². The monoisotopic (exact) mass is 460 g/mol. The topological polar surface area (TPSA) is 9.23 Å². The normalized spacial score (nSPS) is 11.0. The van der Waals surface area contributed by atoms with Crippen LogP contribution in [0.15, 0.2) is 78.9 Å². The summed E-state index contributed by atoms with van der Waals surface area (Å²) in [6.07, 6.45) is 2.63. The predicted octanol–water partition coefficient (Wildman–Crippen LogP) is 8.53. The van der Waals surface area contributed by atoms with Gasteiger partial charge in [-0.15, -0.1) is 0 Å². The summed E-state index contributed by atoms with van der Waals surface area (Å²) in [6.45, 7) is 4.10. The summed E-state index contributed by atoms with van der Waals surface area (Å²) < 4.78 is 49.1. The van der Waals surface area contributed by atoms with E-state index in [4.69, 9.17) is 4.74 Å². The highest BCUT2D eigenvalue weighted by molar-refractivity contribution is 5.66. The Morgan fingerprint density at radius 3 is 1.94 bits per heavy atom. The zero-order valence-electron chi connectivity index (χ0n) is 19.4. The van der Waals surface area contributed by atoms with Gasteiger partial charge in [0.15, 0.2) is 11.6 Å². The number of halogens is 3. The molecule has 0 unspecified atom stereocenters. The molecular formula is C30H27F3O. The molecule has 4 heteroatoms. The molecule has 4 aromatic rings. The van der Waals surface area contributed by atoms with Crippen molar-refractivity contribution >= 4 is 0 Å². The lowest BCUT2D eigenvalue weighted by Crippen LogP contribution is -2.00. The molecule has 0 amide bonds. The van der Waals surface area contributed by atoms with E-state index < -0.39 is 11.6 Å². The van der Waals surface area contributed by atoms with Gasteiger partial charge in [0, 0.05) is 5.56 Å². The maximum absolute atomic E-state index is 14.8. The van der Waals surface area contributed by atoms with Gasteiger partial charge in [-0.1, -0.05) is 80.9 Å². The molecule has 0 atom stereocenters. The van der Waals surface area contributed by atoms with Crippen LogP contribution in [0.5, 0.6) is 5.75 Å². The lowest BCUT2D eigenvalue weighted by atomic mass is 10.0. The van der Waals surface area contributed by atoms with Crippen molar-refractivity contribution in [3.63, 3.8) is 0 Å². The Morgan fingerprint density at radius 1 is 0.647 bits per heavy atom. The Morgan fingerprint density at radius 2 is 1.29 bits per heavy atom. The van der Waals surface area contributed by atoms with E-state index in [-0.39, 0.29) is 23.7 Å². The number of ether oxygens (including phenoxy) is 1. The molecule has 174 valence electrons. The third-order valence-corrected chi connectivity index (χ3v) is 5.97. The number of hydrogen-bond donors (Lipinski definition) is 0. The van der Waals surface area contributed by atoms with Crippen molar-refractivity contribution in [1.29, 1.82) is 0 Å². The third-order valence-electron chi connectivity index (χ3n) is 5.97. The quantitative estimate of drug-likeness (QED) is 0.256. The van der Waals surface area contributed by atoms with Gasteiger partial charge in [-0.25, -0.2) is 8.78 Å².